The van der Waals surface area contributed by atoms with Gasteiger partial charge in [0, 0.05) is 18.7 Å². The van der Waals surface area contributed by atoms with Crippen LogP contribution in [0.2, 0.25) is 0 Å². The minimum Gasteiger partial charge on any atom is -0.497 e. The molecule has 0 unspecified atom stereocenters. The van der Waals surface area contributed by atoms with Crippen molar-refractivity contribution in [3.05, 3.63) is 95.6 Å². The first kappa shape index (κ1) is 19.6. The van der Waals surface area contributed by atoms with Gasteiger partial charge in [0.05, 0.1) is 20.8 Å². The second-order valence-electron chi connectivity index (χ2n) is 6.63. The molecule has 3 rings (SSSR count). The van der Waals surface area contributed by atoms with Crippen LogP contribution < -0.4 is 9.47 Å². The first-order valence-corrected chi connectivity index (χ1v) is 9.24. The molecule has 0 heterocycles. The second-order valence-corrected chi connectivity index (χ2v) is 6.63. The van der Waals surface area contributed by atoms with Crippen LogP contribution in [-0.4, -0.2) is 31.4 Å². The molecular formula is C24H25NO3. The van der Waals surface area contributed by atoms with Gasteiger partial charge in [-0.05, 0) is 47.5 Å². The molecule has 3 aromatic carbocycles. The topological polar surface area (TPSA) is 38.8 Å². The highest BCUT2D eigenvalue weighted by molar-refractivity contribution is 5.97. The van der Waals surface area contributed by atoms with Crippen molar-refractivity contribution in [1.82, 2.24) is 4.90 Å². The summed E-state index contributed by atoms with van der Waals surface area (Å²) >= 11 is 0. The molecule has 0 amide bonds. The van der Waals surface area contributed by atoms with Gasteiger partial charge in [0.1, 0.15) is 11.5 Å². The van der Waals surface area contributed by atoms with Crippen LogP contribution in [0.5, 0.6) is 11.5 Å². The highest BCUT2D eigenvalue weighted by Gasteiger charge is 2.14. The fraction of sp³-hybridized carbons (Fsp3) is 0.208. The molecule has 3 aromatic rings. The van der Waals surface area contributed by atoms with Crippen LogP contribution in [0.4, 0.5) is 0 Å². The van der Waals surface area contributed by atoms with Gasteiger partial charge in [-0.1, -0.05) is 42.5 Å². The molecule has 0 saturated carbocycles. The average molecular weight is 375 g/mol. The lowest BCUT2D eigenvalue weighted by molar-refractivity contribution is 0.0920. The number of carbonyl (C=O) groups is 1. The zero-order chi connectivity index (χ0) is 19.8. The van der Waals surface area contributed by atoms with E-state index in [2.05, 4.69) is 23.1 Å². The molecule has 28 heavy (non-hydrogen) atoms. The molecular weight excluding hydrogens is 350 g/mol. The molecule has 0 N–H and O–H groups in total. The van der Waals surface area contributed by atoms with Gasteiger partial charge in [-0.2, -0.15) is 0 Å². The van der Waals surface area contributed by atoms with Crippen LogP contribution >= 0.6 is 0 Å². The minimum atomic E-state index is 0.0847. The van der Waals surface area contributed by atoms with Gasteiger partial charge in [0.2, 0.25) is 0 Å². The van der Waals surface area contributed by atoms with E-state index in [1.807, 2.05) is 60.7 Å². The molecule has 0 radical (unpaired) electrons. The Hall–Kier alpha value is -3.11. The molecule has 0 atom stereocenters. The molecule has 0 bridgehead atoms. The molecule has 0 aliphatic carbocycles. The summed E-state index contributed by atoms with van der Waals surface area (Å²) in [6.07, 6.45) is 0. The van der Waals surface area contributed by atoms with Crippen molar-refractivity contribution in [2.24, 2.45) is 0 Å². The quantitative estimate of drug-likeness (QED) is 0.513. The van der Waals surface area contributed by atoms with Gasteiger partial charge in [-0.3, -0.25) is 9.69 Å². The Morgan fingerprint density at radius 3 is 2.07 bits per heavy atom. The monoisotopic (exact) mass is 375 g/mol. The lowest BCUT2D eigenvalue weighted by Gasteiger charge is -2.22. The van der Waals surface area contributed by atoms with Gasteiger partial charge in [-0.25, -0.2) is 0 Å². The van der Waals surface area contributed by atoms with Crippen molar-refractivity contribution in [3.8, 4) is 11.5 Å². The van der Waals surface area contributed by atoms with Crippen molar-refractivity contribution in [1.29, 1.82) is 0 Å². The van der Waals surface area contributed by atoms with Crippen molar-refractivity contribution in [2.45, 2.75) is 13.1 Å². The first-order chi connectivity index (χ1) is 13.7. The molecule has 4 heteroatoms. The molecule has 0 saturated heterocycles. The van der Waals surface area contributed by atoms with E-state index >= 15 is 0 Å². The van der Waals surface area contributed by atoms with E-state index in [-0.39, 0.29) is 5.78 Å². The molecule has 0 aliphatic rings. The molecule has 0 fully saturated rings. The van der Waals surface area contributed by atoms with E-state index in [9.17, 15) is 4.79 Å². The SMILES string of the molecule is COc1ccc(C(=O)CN(Cc2ccccc2)Cc2cccc(OC)c2)cc1. The number of hydrogen-bond acceptors (Lipinski definition) is 4. The number of ether oxygens (including phenoxy) is 2. The maximum Gasteiger partial charge on any atom is 0.176 e. The lowest BCUT2D eigenvalue weighted by Crippen LogP contribution is -2.29. The number of Topliss-reactive ketones (excluding diaryl/α,β-unsaturated/α-hetero) is 1. The number of benzene rings is 3. The maximum atomic E-state index is 12.9. The summed E-state index contributed by atoms with van der Waals surface area (Å²) in [5, 5.41) is 0. The molecule has 144 valence electrons. The maximum absolute atomic E-state index is 12.9. The summed E-state index contributed by atoms with van der Waals surface area (Å²) in [5.74, 6) is 1.65. The van der Waals surface area contributed by atoms with E-state index in [1.165, 1.54) is 5.56 Å². The van der Waals surface area contributed by atoms with Gasteiger partial charge in [0.15, 0.2) is 5.78 Å². The zero-order valence-corrected chi connectivity index (χ0v) is 16.3. The van der Waals surface area contributed by atoms with E-state index in [4.69, 9.17) is 9.47 Å². The van der Waals surface area contributed by atoms with Crippen LogP contribution in [0.3, 0.4) is 0 Å². The van der Waals surface area contributed by atoms with E-state index in [1.54, 1.807) is 14.2 Å². The standard InChI is InChI=1S/C24H25NO3/c1-27-22-13-11-21(12-14-22)24(26)18-25(16-19-7-4-3-5-8-19)17-20-9-6-10-23(15-20)28-2/h3-15H,16-18H2,1-2H3. The minimum absolute atomic E-state index is 0.0847. The largest absolute Gasteiger partial charge is 0.497 e. The Morgan fingerprint density at radius 2 is 1.39 bits per heavy atom. The number of hydrogen-bond donors (Lipinski definition) is 0. The van der Waals surface area contributed by atoms with E-state index < -0.39 is 0 Å². The van der Waals surface area contributed by atoms with Crippen molar-refractivity contribution < 1.29 is 14.3 Å². The number of nitrogens with zero attached hydrogens (tertiary/aromatic N) is 1. The van der Waals surface area contributed by atoms with Crippen LogP contribution in [0.1, 0.15) is 21.5 Å². The third-order valence-electron chi connectivity index (χ3n) is 4.57. The first-order valence-electron chi connectivity index (χ1n) is 9.24. The smallest absolute Gasteiger partial charge is 0.176 e. The summed E-state index contributed by atoms with van der Waals surface area (Å²) < 4.78 is 10.5. The summed E-state index contributed by atoms with van der Waals surface area (Å²) in [6.45, 7) is 1.69. The molecule has 0 aromatic heterocycles. The van der Waals surface area contributed by atoms with E-state index in [0.717, 1.165) is 17.1 Å². The van der Waals surface area contributed by atoms with Crippen molar-refractivity contribution >= 4 is 5.78 Å². The Morgan fingerprint density at radius 1 is 0.750 bits per heavy atom. The Bertz CT molecular complexity index is 891. The number of ketones is 1. The summed E-state index contributed by atoms with van der Waals surface area (Å²) in [4.78, 5) is 15.0. The summed E-state index contributed by atoms with van der Waals surface area (Å²) in [5.41, 5.74) is 2.97. The molecule has 0 aliphatic heterocycles. The normalized spacial score (nSPS) is 10.7. The lowest BCUT2D eigenvalue weighted by atomic mass is 10.1. The van der Waals surface area contributed by atoms with Gasteiger partial charge >= 0.3 is 0 Å². The average Bonchev–Trinajstić information content (AvgIpc) is 2.74. The molecule has 0 spiro atoms. The number of carbonyl (C=O) groups excluding carboxylic acids is 1. The zero-order valence-electron chi connectivity index (χ0n) is 16.3. The fourth-order valence-corrected chi connectivity index (χ4v) is 3.11. The van der Waals surface area contributed by atoms with Crippen LogP contribution in [0, 0.1) is 0 Å². The molecule has 4 nitrogen and oxygen atoms in total. The summed E-state index contributed by atoms with van der Waals surface area (Å²) in [7, 11) is 3.28. The predicted molar refractivity (Wildman–Crippen MR) is 111 cm³/mol. The Kier molecular flexibility index (Phi) is 6.82. The van der Waals surface area contributed by atoms with Gasteiger partial charge in [-0.15, -0.1) is 0 Å². The van der Waals surface area contributed by atoms with Crippen molar-refractivity contribution in [3.63, 3.8) is 0 Å². The van der Waals surface area contributed by atoms with E-state index in [0.29, 0.717) is 25.2 Å². The summed E-state index contributed by atoms with van der Waals surface area (Å²) in [6, 6.07) is 25.4. The van der Waals surface area contributed by atoms with Crippen LogP contribution in [-0.2, 0) is 13.1 Å². The van der Waals surface area contributed by atoms with Crippen LogP contribution in [0.25, 0.3) is 0 Å². The number of rotatable bonds is 9. The second kappa shape index (κ2) is 9.72. The van der Waals surface area contributed by atoms with Gasteiger partial charge < -0.3 is 9.47 Å². The van der Waals surface area contributed by atoms with Crippen molar-refractivity contribution in [2.75, 3.05) is 20.8 Å². The van der Waals surface area contributed by atoms with Gasteiger partial charge in [0.25, 0.3) is 0 Å². The highest BCUT2D eigenvalue weighted by Crippen LogP contribution is 2.17. The van der Waals surface area contributed by atoms with Crippen LogP contribution in [0.15, 0.2) is 78.9 Å². The number of methoxy groups -OCH3 is 2. The third-order valence-corrected chi connectivity index (χ3v) is 4.57. The Labute approximate surface area is 166 Å². The fourth-order valence-electron chi connectivity index (χ4n) is 3.11. The Balaban J connectivity index is 1.77. The highest BCUT2D eigenvalue weighted by atomic mass is 16.5. The third kappa shape index (κ3) is 5.44. The predicted octanol–water partition coefficient (Wildman–Crippen LogP) is 4.59.